The number of aromatic nitrogens is 2. The number of aryl methyl sites for hydroxylation is 2. The molecule has 0 aliphatic carbocycles. The second-order valence-electron chi connectivity index (χ2n) is 3.76. The topological polar surface area (TPSA) is 81.6 Å². The average molecular weight is 232 g/mol. The van der Waals surface area contributed by atoms with Gasteiger partial charge in [-0.15, -0.1) is 0 Å². The van der Waals surface area contributed by atoms with Crippen molar-refractivity contribution < 1.29 is 4.79 Å². The minimum atomic E-state index is -0.360. The van der Waals surface area contributed by atoms with Crippen molar-refractivity contribution in [2.24, 2.45) is 0 Å². The molecule has 0 aromatic carbocycles. The summed E-state index contributed by atoms with van der Waals surface area (Å²) in [5, 5.41) is 11.6. The lowest BCUT2D eigenvalue weighted by Gasteiger charge is -2.00. The first-order valence-electron chi connectivity index (χ1n) is 5.51. The van der Waals surface area contributed by atoms with Crippen LogP contribution >= 0.6 is 0 Å². The highest BCUT2D eigenvalue weighted by Crippen LogP contribution is 2.07. The second kappa shape index (κ2) is 5.85. The molecule has 0 unspecified atom stereocenters. The molecular formula is C12H16N4O. The average Bonchev–Trinajstić information content (AvgIpc) is 2.62. The van der Waals surface area contributed by atoms with Crippen LogP contribution in [0.25, 0.3) is 6.08 Å². The number of hydrogen-bond donors (Lipinski definition) is 2. The monoisotopic (exact) mass is 232 g/mol. The molecule has 1 rings (SSSR count). The second-order valence-corrected chi connectivity index (χ2v) is 3.76. The van der Waals surface area contributed by atoms with Gasteiger partial charge in [-0.1, -0.05) is 6.92 Å². The molecule has 0 spiro atoms. The molecule has 0 aliphatic heterocycles. The summed E-state index contributed by atoms with van der Waals surface area (Å²) in [6.45, 7) is 6.28. The number of hydrogen-bond acceptors (Lipinski definition) is 3. The van der Waals surface area contributed by atoms with E-state index in [2.05, 4.69) is 15.3 Å². The minimum absolute atomic E-state index is 0.0622. The molecule has 5 nitrogen and oxygen atoms in total. The molecule has 0 radical (unpaired) electrons. The van der Waals surface area contributed by atoms with Crippen molar-refractivity contribution >= 4 is 12.0 Å². The van der Waals surface area contributed by atoms with Crippen LogP contribution in [0.15, 0.2) is 5.57 Å². The predicted molar refractivity (Wildman–Crippen MR) is 65.0 cm³/mol. The number of amides is 1. The third kappa shape index (κ3) is 3.45. The fourth-order valence-corrected chi connectivity index (χ4v) is 1.26. The van der Waals surface area contributed by atoms with Crippen LogP contribution in [0.1, 0.15) is 30.6 Å². The molecule has 0 fully saturated rings. The number of rotatable bonds is 4. The van der Waals surface area contributed by atoms with E-state index in [1.54, 1.807) is 0 Å². The number of nitriles is 1. The van der Waals surface area contributed by atoms with E-state index in [1.165, 1.54) is 6.08 Å². The molecule has 0 atom stereocenters. The normalized spacial score (nSPS) is 11.1. The zero-order chi connectivity index (χ0) is 12.8. The maximum absolute atomic E-state index is 11.6. The SMILES string of the molecule is CCCNC(=O)C(C#N)=Cc1nc(C)c(C)[nH]1. The number of carbonyl (C=O) groups excluding carboxylic acids is 1. The summed E-state index contributed by atoms with van der Waals surface area (Å²) in [6, 6.07) is 1.88. The Hall–Kier alpha value is -2.09. The molecule has 1 aromatic heterocycles. The van der Waals surface area contributed by atoms with Gasteiger partial charge in [0.25, 0.3) is 5.91 Å². The fraction of sp³-hybridized carbons (Fsp3) is 0.417. The van der Waals surface area contributed by atoms with Crippen LogP contribution < -0.4 is 5.32 Å². The largest absolute Gasteiger partial charge is 0.351 e. The van der Waals surface area contributed by atoms with Gasteiger partial charge >= 0.3 is 0 Å². The van der Waals surface area contributed by atoms with Gasteiger partial charge in [0.2, 0.25) is 0 Å². The van der Waals surface area contributed by atoms with E-state index in [1.807, 2.05) is 26.8 Å². The summed E-state index contributed by atoms with van der Waals surface area (Å²) >= 11 is 0. The third-order valence-corrected chi connectivity index (χ3v) is 2.33. The Morgan fingerprint density at radius 2 is 2.29 bits per heavy atom. The van der Waals surface area contributed by atoms with E-state index < -0.39 is 0 Å². The molecule has 0 bridgehead atoms. The molecule has 1 heterocycles. The fourth-order valence-electron chi connectivity index (χ4n) is 1.26. The molecule has 1 amide bonds. The van der Waals surface area contributed by atoms with Crippen molar-refractivity contribution in [1.82, 2.24) is 15.3 Å². The highest BCUT2D eigenvalue weighted by atomic mass is 16.1. The molecule has 0 aliphatic rings. The Balaban J connectivity index is 2.87. The summed E-state index contributed by atoms with van der Waals surface area (Å²) in [5.41, 5.74) is 1.86. The summed E-state index contributed by atoms with van der Waals surface area (Å²) in [6.07, 6.45) is 2.30. The quantitative estimate of drug-likeness (QED) is 0.609. The Morgan fingerprint density at radius 3 is 2.76 bits per heavy atom. The van der Waals surface area contributed by atoms with Gasteiger partial charge in [0.1, 0.15) is 17.5 Å². The van der Waals surface area contributed by atoms with Crippen LogP contribution in [0.2, 0.25) is 0 Å². The van der Waals surface area contributed by atoms with Crippen LogP contribution in [-0.4, -0.2) is 22.4 Å². The Morgan fingerprint density at radius 1 is 1.59 bits per heavy atom. The molecule has 2 N–H and O–H groups in total. The number of imidazole rings is 1. The number of aromatic amines is 1. The van der Waals surface area contributed by atoms with E-state index in [9.17, 15) is 4.79 Å². The van der Waals surface area contributed by atoms with Gasteiger partial charge in [-0.3, -0.25) is 4.79 Å². The molecule has 0 saturated carbocycles. The van der Waals surface area contributed by atoms with E-state index in [0.717, 1.165) is 17.8 Å². The van der Waals surface area contributed by atoms with Crippen molar-refractivity contribution in [2.45, 2.75) is 27.2 Å². The lowest BCUT2D eigenvalue weighted by Crippen LogP contribution is -2.25. The van der Waals surface area contributed by atoms with Gasteiger partial charge in [-0.25, -0.2) is 4.98 Å². The van der Waals surface area contributed by atoms with Gasteiger partial charge in [-0.2, -0.15) is 5.26 Å². The number of H-pyrrole nitrogens is 1. The first-order chi connectivity index (χ1) is 8.08. The number of nitrogens with zero attached hydrogens (tertiary/aromatic N) is 2. The standard InChI is InChI=1S/C12H16N4O/c1-4-5-14-12(17)10(7-13)6-11-15-8(2)9(3)16-11/h6H,4-5H2,1-3H3,(H,14,17)(H,15,16). The van der Waals surface area contributed by atoms with Gasteiger partial charge in [0.05, 0.1) is 5.69 Å². The van der Waals surface area contributed by atoms with Gasteiger partial charge in [0.15, 0.2) is 0 Å². The molecule has 90 valence electrons. The van der Waals surface area contributed by atoms with Crippen LogP contribution in [0.3, 0.4) is 0 Å². The molecule has 0 saturated heterocycles. The smallest absolute Gasteiger partial charge is 0.262 e. The van der Waals surface area contributed by atoms with Crippen LogP contribution in [0.5, 0.6) is 0 Å². The van der Waals surface area contributed by atoms with Crippen LogP contribution in [0.4, 0.5) is 0 Å². The van der Waals surface area contributed by atoms with Gasteiger partial charge in [-0.05, 0) is 20.3 Å². The number of carbonyl (C=O) groups is 1. The summed E-state index contributed by atoms with van der Waals surface area (Å²) in [7, 11) is 0. The van der Waals surface area contributed by atoms with Gasteiger partial charge < -0.3 is 10.3 Å². The molecule has 1 aromatic rings. The highest BCUT2D eigenvalue weighted by Gasteiger charge is 2.09. The molecular weight excluding hydrogens is 216 g/mol. The van der Waals surface area contributed by atoms with E-state index in [0.29, 0.717) is 12.4 Å². The maximum Gasteiger partial charge on any atom is 0.262 e. The van der Waals surface area contributed by atoms with Crippen molar-refractivity contribution in [3.05, 3.63) is 22.8 Å². The highest BCUT2D eigenvalue weighted by molar-refractivity contribution is 6.01. The zero-order valence-electron chi connectivity index (χ0n) is 10.3. The Kier molecular flexibility index (Phi) is 4.46. The van der Waals surface area contributed by atoms with E-state index in [4.69, 9.17) is 5.26 Å². The Bertz CT molecular complexity index is 460. The maximum atomic E-state index is 11.6. The molecule has 5 heteroatoms. The predicted octanol–water partition coefficient (Wildman–Crippen LogP) is 1.46. The lowest BCUT2D eigenvalue weighted by atomic mass is 10.2. The van der Waals surface area contributed by atoms with E-state index in [-0.39, 0.29) is 11.5 Å². The zero-order valence-corrected chi connectivity index (χ0v) is 10.3. The van der Waals surface area contributed by atoms with Crippen molar-refractivity contribution in [3.8, 4) is 6.07 Å². The van der Waals surface area contributed by atoms with Crippen molar-refractivity contribution in [2.75, 3.05) is 6.54 Å². The van der Waals surface area contributed by atoms with Crippen LogP contribution in [0, 0.1) is 25.2 Å². The van der Waals surface area contributed by atoms with Crippen molar-refractivity contribution in [1.29, 1.82) is 5.26 Å². The first-order valence-corrected chi connectivity index (χ1v) is 5.51. The third-order valence-electron chi connectivity index (χ3n) is 2.33. The lowest BCUT2D eigenvalue weighted by molar-refractivity contribution is -0.117. The van der Waals surface area contributed by atoms with Gasteiger partial charge in [0, 0.05) is 18.3 Å². The minimum Gasteiger partial charge on any atom is -0.351 e. The van der Waals surface area contributed by atoms with E-state index >= 15 is 0 Å². The summed E-state index contributed by atoms with van der Waals surface area (Å²) in [5.74, 6) is 0.171. The summed E-state index contributed by atoms with van der Waals surface area (Å²) in [4.78, 5) is 18.8. The van der Waals surface area contributed by atoms with Crippen LogP contribution in [-0.2, 0) is 4.79 Å². The Labute approximate surface area is 101 Å². The number of nitrogens with one attached hydrogen (secondary N) is 2. The molecule has 17 heavy (non-hydrogen) atoms. The summed E-state index contributed by atoms with van der Waals surface area (Å²) < 4.78 is 0. The van der Waals surface area contributed by atoms with Crippen molar-refractivity contribution in [3.63, 3.8) is 0 Å². The first kappa shape index (κ1) is 13.0.